The zero-order chi connectivity index (χ0) is 18.4. The van der Waals surface area contributed by atoms with Gasteiger partial charge in [0.15, 0.2) is 5.96 Å². The Bertz CT molecular complexity index is 828. The molecular weight excluding hydrogens is 339 g/mol. The number of nitrogens with zero attached hydrogens (tertiary/aromatic N) is 3. The molecule has 1 aliphatic rings. The van der Waals surface area contributed by atoms with Gasteiger partial charge < -0.3 is 9.84 Å². The molecule has 0 saturated carbocycles. The van der Waals surface area contributed by atoms with Crippen LogP contribution in [0.2, 0.25) is 0 Å². The number of hydrogen-bond donors (Lipinski definition) is 2. The monoisotopic (exact) mass is 353 g/mol. The third-order valence-corrected chi connectivity index (χ3v) is 3.95. The molecule has 1 fully saturated rings. The first kappa shape index (κ1) is 16.9. The largest absolute Gasteiger partial charge is 0.416 e. The topological polar surface area (TPSA) is 95.1 Å². The van der Waals surface area contributed by atoms with Gasteiger partial charge in [-0.25, -0.2) is 0 Å². The molecule has 0 bridgehead atoms. The van der Waals surface area contributed by atoms with E-state index >= 15 is 0 Å². The van der Waals surface area contributed by atoms with Crippen molar-refractivity contribution in [3.63, 3.8) is 0 Å². The average molecular weight is 353 g/mol. The smallest absolute Gasteiger partial charge is 0.341 e. The van der Waals surface area contributed by atoms with Gasteiger partial charge in [0.25, 0.3) is 5.89 Å². The quantitative estimate of drug-likeness (QED) is 0.864. The minimum atomic E-state index is -4.48. The number of rotatable bonds is 2. The Morgan fingerprint density at radius 1 is 1.40 bits per heavy atom. The number of amides is 1. The van der Waals surface area contributed by atoms with Crippen molar-refractivity contribution in [2.24, 2.45) is 0 Å². The van der Waals surface area contributed by atoms with Gasteiger partial charge in [-0.15, -0.1) is 0 Å². The Balaban J connectivity index is 1.93. The maximum absolute atomic E-state index is 12.8. The summed E-state index contributed by atoms with van der Waals surface area (Å²) in [4.78, 5) is 17.2. The normalized spacial score (nSPS) is 21.4. The molecule has 0 aliphatic carbocycles. The van der Waals surface area contributed by atoms with E-state index in [2.05, 4.69) is 15.5 Å². The molecule has 2 aromatic rings. The van der Waals surface area contributed by atoms with Crippen molar-refractivity contribution in [1.82, 2.24) is 20.4 Å². The van der Waals surface area contributed by atoms with Gasteiger partial charge in [-0.05, 0) is 19.1 Å². The Kier molecular flexibility index (Phi) is 3.77. The van der Waals surface area contributed by atoms with E-state index in [9.17, 15) is 18.0 Å². The fourth-order valence-corrected chi connectivity index (χ4v) is 2.46. The highest BCUT2D eigenvalue weighted by Crippen LogP contribution is 2.33. The summed E-state index contributed by atoms with van der Waals surface area (Å²) in [5.41, 5.74) is -1.78. The molecule has 0 unspecified atom stereocenters. The Labute approximate surface area is 140 Å². The number of aromatic nitrogens is 2. The lowest BCUT2D eigenvalue weighted by molar-refractivity contribution is -0.137. The Morgan fingerprint density at radius 2 is 2.12 bits per heavy atom. The van der Waals surface area contributed by atoms with E-state index in [0.29, 0.717) is 0 Å². The van der Waals surface area contributed by atoms with Crippen molar-refractivity contribution in [2.45, 2.75) is 25.1 Å². The number of nitrogens with one attached hydrogen (secondary N) is 2. The third kappa shape index (κ3) is 3.06. The van der Waals surface area contributed by atoms with E-state index in [1.165, 1.54) is 19.2 Å². The summed E-state index contributed by atoms with van der Waals surface area (Å²) in [5.74, 6) is -0.448. The van der Waals surface area contributed by atoms with Gasteiger partial charge in [0, 0.05) is 12.6 Å². The number of hydrogen-bond acceptors (Lipinski definition) is 5. The molecule has 1 aromatic carbocycles. The SMILES string of the molecule is CN1C(=N)N[C@@](C)(c2nc(-c3cccc(C(F)(F)F)c3)no2)CC1=O. The highest BCUT2D eigenvalue weighted by Gasteiger charge is 2.42. The van der Waals surface area contributed by atoms with Crippen molar-refractivity contribution in [3.05, 3.63) is 35.7 Å². The molecule has 1 aliphatic heterocycles. The van der Waals surface area contributed by atoms with Crippen LogP contribution in [-0.2, 0) is 16.5 Å². The maximum atomic E-state index is 12.8. The van der Waals surface area contributed by atoms with Crippen molar-refractivity contribution in [3.8, 4) is 11.4 Å². The number of halogens is 3. The van der Waals surface area contributed by atoms with Crippen LogP contribution >= 0.6 is 0 Å². The highest BCUT2D eigenvalue weighted by atomic mass is 19.4. The predicted molar refractivity (Wildman–Crippen MR) is 80.3 cm³/mol. The summed E-state index contributed by atoms with van der Waals surface area (Å²) in [7, 11) is 1.46. The van der Waals surface area contributed by atoms with Gasteiger partial charge in [-0.2, -0.15) is 18.2 Å². The molecule has 132 valence electrons. The molecule has 1 atom stereocenters. The highest BCUT2D eigenvalue weighted by molar-refractivity contribution is 5.98. The minimum absolute atomic E-state index is 0.0195. The fraction of sp³-hybridized carbons (Fsp3) is 0.333. The van der Waals surface area contributed by atoms with Gasteiger partial charge in [0.2, 0.25) is 11.7 Å². The van der Waals surface area contributed by atoms with E-state index in [1.807, 2.05) is 0 Å². The molecule has 1 aromatic heterocycles. The summed E-state index contributed by atoms with van der Waals surface area (Å²) in [6.07, 6.45) is -4.51. The summed E-state index contributed by atoms with van der Waals surface area (Å²) < 4.78 is 43.6. The molecule has 2 heterocycles. The zero-order valence-corrected chi connectivity index (χ0v) is 13.3. The average Bonchev–Trinajstić information content (AvgIpc) is 3.03. The fourth-order valence-electron chi connectivity index (χ4n) is 2.46. The van der Waals surface area contributed by atoms with Crippen LogP contribution < -0.4 is 5.32 Å². The van der Waals surface area contributed by atoms with Crippen molar-refractivity contribution in [2.75, 3.05) is 7.05 Å². The first-order chi connectivity index (χ1) is 11.6. The summed E-state index contributed by atoms with van der Waals surface area (Å²) in [6, 6.07) is 4.56. The second-order valence-corrected chi connectivity index (χ2v) is 5.94. The molecule has 3 rings (SSSR count). The lowest BCUT2D eigenvalue weighted by Crippen LogP contribution is -2.58. The van der Waals surface area contributed by atoms with Gasteiger partial charge in [-0.3, -0.25) is 15.1 Å². The van der Waals surface area contributed by atoms with Gasteiger partial charge in [-0.1, -0.05) is 17.3 Å². The first-order valence-electron chi connectivity index (χ1n) is 7.25. The Hall–Kier alpha value is -2.91. The summed E-state index contributed by atoms with van der Waals surface area (Å²) in [6.45, 7) is 1.61. The second-order valence-electron chi connectivity index (χ2n) is 5.94. The van der Waals surface area contributed by atoms with E-state index < -0.39 is 17.3 Å². The van der Waals surface area contributed by atoms with Crippen LogP contribution in [0.3, 0.4) is 0 Å². The number of carbonyl (C=O) groups is 1. The van der Waals surface area contributed by atoms with E-state index in [-0.39, 0.29) is 35.6 Å². The van der Waals surface area contributed by atoms with Crippen molar-refractivity contribution < 1.29 is 22.5 Å². The van der Waals surface area contributed by atoms with Crippen LogP contribution in [-0.4, -0.2) is 34.0 Å². The molecule has 0 radical (unpaired) electrons. The lowest BCUT2D eigenvalue weighted by atomic mass is 9.95. The van der Waals surface area contributed by atoms with Crippen LogP contribution in [0.1, 0.15) is 24.8 Å². The summed E-state index contributed by atoms with van der Waals surface area (Å²) in [5, 5.41) is 14.3. The van der Waals surface area contributed by atoms with Crippen molar-refractivity contribution in [1.29, 1.82) is 5.41 Å². The molecular formula is C15H14F3N5O2. The van der Waals surface area contributed by atoms with Crippen LogP contribution in [0.15, 0.2) is 28.8 Å². The van der Waals surface area contributed by atoms with E-state index in [0.717, 1.165) is 17.0 Å². The molecule has 1 saturated heterocycles. The van der Waals surface area contributed by atoms with Gasteiger partial charge in [0.1, 0.15) is 5.54 Å². The standard InChI is InChI=1S/C15H14F3N5O2/c1-14(7-10(24)23(2)13(19)21-14)12-20-11(22-25-12)8-4-3-5-9(6-8)15(16,17)18/h3-6H,7H2,1-2H3,(H2,19,21)/t14-/m1/s1. The molecule has 25 heavy (non-hydrogen) atoms. The molecule has 10 heteroatoms. The van der Waals surface area contributed by atoms with Gasteiger partial charge >= 0.3 is 6.18 Å². The molecule has 2 N–H and O–H groups in total. The second kappa shape index (κ2) is 5.57. The first-order valence-corrected chi connectivity index (χ1v) is 7.25. The molecule has 7 nitrogen and oxygen atoms in total. The maximum Gasteiger partial charge on any atom is 0.416 e. The van der Waals surface area contributed by atoms with Crippen LogP contribution in [0.5, 0.6) is 0 Å². The van der Waals surface area contributed by atoms with Gasteiger partial charge in [0.05, 0.1) is 12.0 Å². The third-order valence-electron chi connectivity index (χ3n) is 3.95. The Morgan fingerprint density at radius 3 is 2.76 bits per heavy atom. The molecule has 0 spiro atoms. The van der Waals surface area contributed by atoms with E-state index in [1.54, 1.807) is 6.92 Å². The minimum Gasteiger partial charge on any atom is -0.341 e. The van der Waals surface area contributed by atoms with Crippen LogP contribution in [0.4, 0.5) is 13.2 Å². The number of guanidine groups is 1. The van der Waals surface area contributed by atoms with Crippen molar-refractivity contribution >= 4 is 11.9 Å². The predicted octanol–water partition coefficient (Wildman–Crippen LogP) is 2.36. The van der Waals surface area contributed by atoms with Crippen LogP contribution in [0.25, 0.3) is 11.4 Å². The lowest BCUT2D eigenvalue weighted by Gasteiger charge is -2.36. The van der Waals surface area contributed by atoms with Crippen LogP contribution in [0, 0.1) is 5.41 Å². The number of alkyl halides is 3. The van der Waals surface area contributed by atoms with E-state index in [4.69, 9.17) is 9.93 Å². The zero-order valence-electron chi connectivity index (χ0n) is 13.3. The number of benzene rings is 1. The summed E-state index contributed by atoms with van der Waals surface area (Å²) >= 11 is 0. The number of carbonyl (C=O) groups excluding carboxylic acids is 1. The molecule has 1 amide bonds.